The second-order valence-electron chi connectivity index (χ2n) is 4.61. The third-order valence-corrected chi connectivity index (χ3v) is 2.73. The number of rotatable bonds is 10. The monoisotopic (exact) mass is 305 g/mol. The first-order chi connectivity index (χ1) is 10.0. The van der Waals surface area contributed by atoms with Gasteiger partial charge in [0.1, 0.15) is 12.4 Å². The first-order valence-electron chi connectivity index (χ1n) is 7.09. The maximum atomic E-state index is 11.9. The van der Waals surface area contributed by atoms with Gasteiger partial charge in [0.25, 0.3) is 0 Å². The lowest BCUT2D eigenvalue weighted by molar-refractivity contribution is -0.145. The summed E-state index contributed by atoms with van der Waals surface area (Å²) in [5, 5.41) is 3.28. The summed E-state index contributed by atoms with van der Waals surface area (Å²) in [5.41, 5.74) is 1.03. The molecule has 0 atom stereocenters. The zero-order valence-electron chi connectivity index (χ0n) is 12.2. The number of hydrogen-bond donors (Lipinski definition) is 1. The van der Waals surface area contributed by atoms with Crippen LogP contribution in [0.1, 0.15) is 25.3 Å². The number of benzene rings is 1. The third-order valence-electron chi connectivity index (χ3n) is 2.73. The smallest absolute Gasteiger partial charge is 0.391 e. The number of halogens is 3. The van der Waals surface area contributed by atoms with Crippen molar-refractivity contribution in [3.05, 3.63) is 29.8 Å². The number of hydrogen-bond acceptors (Lipinski definition) is 3. The highest BCUT2D eigenvalue weighted by atomic mass is 19.4. The van der Waals surface area contributed by atoms with Gasteiger partial charge in [0.2, 0.25) is 0 Å². The Morgan fingerprint density at radius 1 is 1.10 bits per heavy atom. The maximum absolute atomic E-state index is 11.9. The van der Waals surface area contributed by atoms with Crippen LogP contribution >= 0.6 is 0 Å². The van der Waals surface area contributed by atoms with Crippen molar-refractivity contribution in [3.8, 4) is 5.75 Å². The van der Waals surface area contributed by atoms with Gasteiger partial charge >= 0.3 is 6.18 Å². The second kappa shape index (κ2) is 9.63. The van der Waals surface area contributed by atoms with Crippen LogP contribution in [0.5, 0.6) is 5.75 Å². The molecule has 1 aromatic carbocycles. The largest absolute Gasteiger partial charge is 0.491 e. The van der Waals surface area contributed by atoms with E-state index in [0.29, 0.717) is 6.54 Å². The van der Waals surface area contributed by atoms with Gasteiger partial charge in [-0.3, -0.25) is 0 Å². The molecule has 1 aromatic rings. The Hall–Kier alpha value is -1.27. The van der Waals surface area contributed by atoms with Gasteiger partial charge in [-0.15, -0.1) is 0 Å². The van der Waals surface area contributed by atoms with Gasteiger partial charge in [0.15, 0.2) is 0 Å². The van der Waals surface area contributed by atoms with Crippen molar-refractivity contribution in [3.63, 3.8) is 0 Å². The zero-order valence-corrected chi connectivity index (χ0v) is 12.2. The molecule has 0 aliphatic carbocycles. The molecular formula is C15H22F3NO2. The van der Waals surface area contributed by atoms with Crippen molar-refractivity contribution in [2.75, 3.05) is 26.4 Å². The molecule has 0 unspecified atom stereocenters. The molecule has 0 saturated heterocycles. The Balaban J connectivity index is 2.25. The van der Waals surface area contributed by atoms with Crippen LogP contribution in [-0.4, -0.2) is 32.5 Å². The maximum Gasteiger partial charge on any atom is 0.391 e. The SMILES string of the molecule is CCCNCc1ccccc1OCCOCCC(F)(F)F. The van der Waals surface area contributed by atoms with Crippen molar-refractivity contribution in [2.45, 2.75) is 32.5 Å². The molecule has 0 fully saturated rings. The summed E-state index contributed by atoms with van der Waals surface area (Å²) in [6.45, 7) is 3.78. The molecule has 1 N–H and O–H groups in total. The normalized spacial score (nSPS) is 11.6. The van der Waals surface area contributed by atoms with Crippen molar-refractivity contribution < 1.29 is 22.6 Å². The van der Waals surface area contributed by atoms with E-state index in [9.17, 15) is 13.2 Å². The van der Waals surface area contributed by atoms with Gasteiger partial charge in [-0.25, -0.2) is 0 Å². The average Bonchev–Trinajstić information content (AvgIpc) is 2.43. The van der Waals surface area contributed by atoms with E-state index in [1.807, 2.05) is 24.3 Å². The van der Waals surface area contributed by atoms with Gasteiger partial charge in [-0.1, -0.05) is 25.1 Å². The van der Waals surface area contributed by atoms with E-state index in [1.54, 1.807) is 0 Å². The van der Waals surface area contributed by atoms with Crippen LogP contribution in [0.4, 0.5) is 13.2 Å². The molecule has 0 saturated carbocycles. The summed E-state index contributed by atoms with van der Waals surface area (Å²) in [4.78, 5) is 0. The molecule has 3 nitrogen and oxygen atoms in total. The van der Waals surface area contributed by atoms with Gasteiger partial charge in [0, 0.05) is 12.1 Å². The van der Waals surface area contributed by atoms with Crippen LogP contribution < -0.4 is 10.1 Å². The van der Waals surface area contributed by atoms with E-state index in [-0.39, 0.29) is 19.8 Å². The highest BCUT2D eigenvalue weighted by molar-refractivity contribution is 5.33. The van der Waals surface area contributed by atoms with E-state index >= 15 is 0 Å². The highest BCUT2D eigenvalue weighted by Gasteiger charge is 2.26. The minimum Gasteiger partial charge on any atom is -0.491 e. The van der Waals surface area contributed by atoms with E-state index in [4.69, 9.17) is 9.47 Å². The Morgan fingerprint density at radius 2 is 1.86 bits per heavy atom. The summed E-state index contributed by atoms with van der Waals surface area (Å²) >= 11 is 0. The van der Waals surface area contributed by atoms with Crippen LogP contribution in [0.3, 0.4) is 0 Å². The Morgan fingerprint density at radius 3 is 2.57 bits per heavy atom. The first kappa shape index (κ1) is 17.8. The molecular weight excluding hydrogens is 283 g/mol. The molecule has 1 rings (SSSR count). The Kier molecular flexibility index (Phi) is 8.15. The molecule has 21 heavy (non-hydrogen) atoms. The zero-order chi connectivity index (χ0) is 15.6. The summed E-state index contributed by atoms with van der Waals surface area (Å²) in [5.74, 6) is 0.737. The molecule has 0 heterocycles. The fraction of sp³-hybridized carbons (Fsp3) is 0.600. The van der Waals surface area contributed by atoms with Crippen molar-refractivity contribution in [1.82, 2.24) is 5.32 Å². The Labute approximate surface area is 123 Å². The Bertz CT molecular complexity index is 397. The molecule has 0 aromatic heterocycles. The number of nitrogens with one attached hydrogen (secondary N) is 1. The van der Waals surface area contributed by atoms with Crippen molar-refractivity contribution in [1.29, 1.82) is 0 Å². The van der Waals surface area contributed by atoms with Crippen LogP contribution in [0, 0.1) is 0 Å². The van der Waals surface area contributed by atoms with Crippen molar-refractivity contribution in [2.24, 2.45) is 0 Å². The summed E-state index contributed by atoms with van der Waals surface area (Å²) < 4.78 is 46.2. The van der Waals surface area contributed by atoms with Crippen LogP contribution in [0.25, 0.3) is 0 Å². The van der Waals surface area contributed by atoms with E-state index in [2.05, 4.69) is 12.2 Å². The van der Waals surface area contributed by atoms with Crippen LogP contribution in [0.15, 0.2) is 24.3 Å². The highest BCUT2D eigenvalue weighted by Crippen LogP contribution is 2.19. The molecule has 0 spiro atoms. The molecule has 0 aliphatic heterocycles. The molecule has 0 amide bonds. The van der Waals surface area contributed by atoms with E-state index < -0.39 is 12.6 Å². The molecule has 120 valence electrons. The lowest BCUT2D eigenvalue weighted by Gasteiger charge is -2.12. The number of para-hydroxylation sites is 1. The molecule has 0 bridgehead atoms. The predicted octanol–water partition coefficient (Wildman–Crippen LogP) is 3.53. The molecule has 0 aliphatic rings. The quantitative estimate of drug-likeness (QED) is 0.671. The molecule has 6 heteroatoms. The third kappa shape index (κ3) is 8.57. The summed E-state index contributed by atoms with van der Waals surface area (Å²) in [7, 11) is 0. The van der Waals surface area contributed by atoms with E-state index in [1.165, 1.54) is 0 Å². The minimum absolute atomic E-state index is 0.146. The second-order valence-corrected chi connectivity index (χ2v) is 4.61. The molecule has 0 radical (unpaired) electrons. The van der Waals surface area contributed by atoms with Gasteiger partial charge in [-0.05, 0) is 19.0 Å². The van der Waals surface area contributed by atoms with Gasteiger partial charge < -0.3 is 14.8 Å². The standard InChI is InChI=1S/C15H22F3NO2/c1-2-8-19-12-13-5-3-4-6-14(13)21-11-10-20-9-7-15(16,17)18/h3-6,19H,2,7-12H2,1H3. The number of alkyl halides is 3. The fourth-order valence-electron chi connectivity index (χ4n) is 1.69. The summed E-state index contributed by atoms with van der Waals surface area (Å²) in [6, 6.07) is 7.60. The lowest BCUT2D eigenvalue weighted by atomic mass is 10.2. The number of ether oxygens (including phenoxy) is 2. The lowest BCUT2D eigenvalue weighted by Crippen LogP contribution is -2.16. The van der Waals surface area contributed by atoms with Crippen LogP contribution in [-0.2, 0) is 11.3 Å². The summed E-state index contributed by atoms with van der Waals surface area (Å²) in [6.07, 6.45) is -4.04. The first-order valence-corrected chi connectivity index (χ1v) is 7.09. The average molecular weight is 305 g/mol. The van der Waals surface area contributed by atoms with Crippen molar-refractivity contribution >= 4 is 0 Å². The van der Waals surface area contributed by atoms with Crippen LogP contribution in [0.2, 0.25) is 0 Å². The predicted molar refractivity (Wildman–Crippen MR) is 75.4 cm³/mol. The minimum atomic E-state index is -4.17. The van der Waals surface area contributed by atoms with Gasteiger partial charge in [-0.2, -0.15) is 13.2 Å². The van der Waals surface area contributed by atoms with E-state index in [0.717, 1.165) is 24.3 Å². The topological polar surface area (TPSA) is 30.5 Å². The fourth-order valence-corrected chi connectivity index (χ4v) is 1.69. The van der Waals surface area contributed by atoms with Gasteiger partial charge in [0.05, 0.1) is 19.6 Å².